The van der Waals surface area contributed by atoms with Crippen molar-refractivity contribution >= 4 is 11.3 Å². The molecular formula is C14H19N3OS. The first-order valence-corrected chi connectivity index (χ1v) is 7.16. The van der Waals surface area contributed by atoms with Crippen LogP contribution in [0.25, 0.3) is 0 Å². The van der Waals surface area contributed by atoms with Crippen LogP contribution < -0.4 is 10.1 Å². The van der Waals surface area contributed by atoms with Gasteiger partial charge in [0.1, 0.15) is 5.01 Å². The summed E-state index contributed by atoms with van der Waals surface area (Å²) in [6, 6.07) is 4.36. The number of hydrogen-bond acceptors (Lipinski definition) is 5. The molecule has 0 aliphatic heterocycles. The van der Waals surface area contributed by atoms with Crippen molar-refractivity contribution in [2.24, 2.45) is 0 Å². The van der Waals surface area contributed by atoms with Crippen LogP contribution in [0.4, 0.5) is 0 Å². The molecule has 5 heteroatoms. The topological polar surface area (TPSA) is 47.0 Å². The maximum absolute atomic E-state index is 5.10. The summed E-state index contributed by atoms with van der Waals surface area (Å²) in [7, 11) is 1.62. The second-order valence-electron chi connectivity index (χ2n) is 4.72. The van der Waals surface area contributed by atoms with E-state index in [1.54, 1.807) is 18.4 Å². The number of ether oxygens (including phenoxy) is 1. The molecule has 0 amide bonds. The number of hydrogen-bond donors (Lipinski definition) is 1. The highest BCUT2D eigenvalue weighted by Gasteiger charge is 2.18. The molecule has 2 rings (SSSR count). The summed E-state index contributed by atoms with van der Waals surface area (Å²) in [6.45, 7) is 6.27. The van der Waals surface area contributed by atoms with Crippen LogP contribution in [0.3, 0.4) is 0 Å². The number of rotatable bonds is 5. The first-order valence-electron chi connectivity index (χ1n) is 6.28. The Bertz CT molecular complexity index is 522. The number of methoxy groups -OCH3 is 1. The quantitative estimate of drug-likeness (QED) is 0.913. The molecule has 102 valence electrons. The fourth-order valence-corrected chi connectivity index (χ4v) is 2.71. The highest BCUT2D eigenvalue weighted by Crippen LogP contribution is 2.26. The number of aromatic nitrogens is 2. The lowest BCUT2D eigenvalue weighted by Crippen LogP contribution is -2.29. The normalized spacial score (nSPS) is 12.7. The standard InChI is InChI=1S/C14H19N3OS/c1-9(2)16-13(14-17-10(3)8-19-14)11-5-6-12(18-4)15-7-11/h5-9,13,16H,1-4H3. The molecule has 0 aromatic carbocycles. The molecular weight excluding hydrogens is 258 g/mol. The molecule has 4 nitrogen and oxygen atoms in total. The van der Waals surface area contributed by atoms with Gasteiger partial charge in [-0.25, -0.2) is 9.97 Å². The smallest absolute Gasteiger partial charge is 0.212 e. The number of nitrogens with zero attached hydrogens (tertiary/aromatic N) is 2. The minimum atomic E-state index is 0.0807. The molecule has 2 aromatic rings. The van der Waals surface area contributed by atoms with Crippen molar-refractivity contribution < 1.29 is 4.74 Å². The van der Waals surface area contributed by atoms with Crippen molar-refractivity contribution in [2.45, 2.75) is 32.9 Å². The third-order valence-corrected chi connectivity index (χ3v) is 3.71. The summed E-state index contributed by atoms with van der Waals surface area (Å²) in [5, 5.41) is 6.67. The summed E-state index contributed by atoms with van der Waals surface area (Å²) in [6.07, 6.45) is 1.84. The lowest BCUT2D eigenvalue weighted by molar-refractivity contribution is 0.397. The average molecular weight is 277 g/mol. The Kier molecular flexibility index (Phi) is 4.50. The van der Waals surface area contributed by atoms with E-state index in [0.717, 1.165) is 16.3 Å². The lowest BCUT2D eigenvalue weighted by Gasteiger charge is -2.19. The van der Waals surface area contributed by atoms with Gasteiger partial charge in [-0.2, -0.15) is 0 Å². The SMILES string of the molecule is COc1ccc(C(NC(C)C)c2nc(C)cs2)cn1. The molecule has 0 fully saturated rings. The van der Waals surface area contributed by atoms with Crippen LogP contribution in [0.2, 0.25) is 0 Å². The molecule has 19 heavy (non-hydrogen) atoms. The van der Waals surface area contributed by atoms with E-state index in [1.807, 2.05) is 25.3 Å². The monoisotopic (exact) mass is 277 g/mol. The predicted molar refractivity (Wildman–Crippen MR) is 77.8 cm³/mol. The first-order chi connectivity index (χ1) is 9.10. The van der Waals surface area contributed by atoms with Gasteiger partial charge in [-0.1, -0.05) is 6.07 Å². The Morgan fingerprint density at radius 2 is 2.11 bits per heavy atom. The van der Waals surface area contributed by atoms with Crippen LogP contribution in [0.1, 0.15) is 36.2 Å². The minimum Gasteiger partial charge on any atom is -0.481 e. The van der Waals surface area contributed by atoms with Gasteiger partial charge in [-0.15, -0.1) is 11.3 Å². The molecule has 1 N–H and O–H groups in total. The Labute approximate surface area is 117 Å². The molecule has 2 aromatic heterocycles. The third-order valence-electron chi connectivity index (χ3n) is 2.69. The largest absolute Gasteiger partial charge is 0.481 e. The van der Waals surface area contributed by atoms with Gasteiger partial charge in [-0.05, 0) is 26.3 Å². The van der Waals surface area contributed by atoms with Crippen LogP contribution in [0, 0.1) is 6.92 Å². The molecule has 1 atom stereocenters. The van der Waals surface area contributed by atoms with E-state index >= 15 is 0 Å². The zero-order valence-electron chi connectivity index (χ0n) is 11.7. The van der Waals surface area contributed by atoms with Crippen molar-refractivity contribution in [1.29, 1.82) is 0 Å². The van der Waals surface area contributed by atoms with Crippen LogP contribution in [-0.4, -0.2) is 23.1 Å². The number of nitrogens with one attached hydrogen (secondary N) is 1. The minimum absolute atomic E-state index is 0.0807. The van der Waals surface area contributed by atoms with Crippen LogP contribution in [0.5, 0.6) is 5.88 Å². The number of thiazole rings is 1. The maximum atomic E-state index is 5.10. The Morgan fingerprint density at radius 3 is 2.58 bits per heavy atom. The van der Waals surface area contributed by atoms with Gasteiger partial charge >= 0.3 is 0 Å². The van der Waals surface area contributed by atoms with Crippen molar-refractivity contribution in [3.63, 3.8) is 0 Å². The lowest BCUT2D eigenvalue weighted by atomic mass is 10.1. The van der Waals surface area contributed by atoms with E-state index in [9.17, 15) is 0 Å². The van der Waals surface area contributed by atoms with Crippen molar-refractivity contribution in [1.82, 2.24) is 15.3 Å². The highest BCUT2D eigenvalue weighted by atomic mass is 32.1. The number of pyridine rings is 1. The Balaban J connectivity index is 2.30. The summed E-state index contributed by atoms with van der Waals surface area (Å²) in [5.74, 6) is 0.627. The molecule has 0 saturated heterocycles. The average Bonchev–Trinajstić information content (AvgIpc) is 2.82. The molecule has 1 unspecified atom stereocenters. The molecule has 0 radical (unpaired) electrons. The van der Waals surface area contributed by atoms with Crippen LogP contribution in [0.15, 0.2) is 23.7 Å². The molecule has 0 spiro atoms. The van der Waals surface area contributed by atoms with Gasteiger partial charge in [0.25, 0.3) is 0 Å². The third kappa shape index (κ3) is 3.52. The van der Waals surface area contributed by atoms with Gasteiger partial charge < -0.3 is 10.1 Å². The van der Waals surface area contributed by atoms with E-state index in [4.69, 9.17) is 4.74 Å². The molecule has 2 heterocycles. The highest BCUT2D eigenvalue weighted by molar-refractivity contribution is 7.09. The van der Waals surface area contributed by atoms with Crippen molar-refractivity contribution in [3.05, 3.63) is 40.0 Å². The molecule has 0 aliphatic rings. The molecule has 0 aliphatic carbocycles. The van der Waals surface area contributed by atoms with E-state index in [-0.39, 0.29) is 6.04 Å². The fourth-order valence-electron chi connectivity index (χ4n) is 1.83. The summed E-state index contributed by atoms with van der Waals surface area (Å²) >= 11 is 1.67. The van der Waals surface area contributed by atoms with E-state index < -0.39 is 0 Å². The summed E-state index contributed by atoms with van der Waals surface area (Å²) in [4.78, 5) is 8.85. The fraction of sp³-hybridized carbons (Fsp3) is 0.429. The summed E-state index contributed by atoms with van der Waals surface area (Å²) in [5.41, 5.74) is 2.15. The summed E-state index contributed by atoms with van der Waals surface area (Å²) < 4.78 is 5.10. The van der Waals surface area contributed by atoms with E-state index in [2.05, 4.69) is 34.5 Å². The van der Waals surface area contributed by atoms with Crippen molar-refractivity contribution in [3.8, 4) is 5.88 Å². The Hall–Kier alpha value is -1.46. The van der Waals surface area contributed by atoms with Gasteiger partial charge in [-0.3, -0.25) is 0 Å². The van der Waals surface area contributed by atoms with Gasteiger partial charge in [0, 0.05) is 29.4 Å². The second kappa shape index (κ2) is 6.12. The second-order valence-corrected chi connectivity index (χ2v) is 5.61. The van der Waals surface area contributed by atoms with Gasteiger partial charge in [0.05, 0.1) is 13.2 Å². The number of aryl methyl sites for hydroxylation is 1. The predicted octanol–water partition coefficient (Wildman–Crippen LogP) is 2.94. The van der Waals surface area contributed by atoms with E-state index in [0.29, 0.717) is 11.9 Å². The van der Waals surface area contributed by atoms with Crippen LogP contribution in [-0.2, 0) is 0 Å². The van der Waals surface area contributed by atoms with Crippen molar-refractivity contribution in [2.75, 3.05) is 7.11 Å². The maximum Gasteiger partial charge on any atom is 0.212 e. The van der Waals surface area contributed by atoms with Crippen LogP contribution >= 0.6 is 11.3 Å². The molecule has 0 saturated carbocycles. The first kappa shape index (κ1) is 14.0. The Morgan fingerprint density at radius 1 is 1.32 bits per heavy atom. The van der Waals surface area contributed by atoms with Gasteiger partial charge in [0.2, 0.25) is 5.88 Å². The van der Waals surface area contributed by atoms with E-state index in [1.165, 1.54) is 0 Å². The zero-order chi connectivity index (χ0) is 13.8. The van der Waals surface area contributed by atoms with Gasteiger partial charge in [0.15, 0.2) is 0 Å². The molecule has 0 bridgehead atoms. The zero-order valence-corrected chi connectivity index (χ0v) is 12.5.